The summed E-state index contributed by atoms with van der Waals surface area (Å²) in [6.45, 7) is 4.75. The lowest BCUT2D eigenvalue weighted by atomic mass is 10.3. The second-order valence-electron chi connectivity index (χ2n) is 7.87. The number of amides is 3. The molecule has 176 valence electrons. The molecule has 0 radical (unpaired) electrons. The molecule has 0 atom stereocenters. The topological polar surface area (TPSA) is 124 Å². The molecule has 0 unspecified atom stereocenters. The molecular formula is C21H24N10O2S. The molecule has 0 spiro atoms. The van der Waals surface area contributed by atoms with Gasteiger partial charge in [-0.05, 0) is 18.2 Å². The Morgan fingerprint density at radius 3 is 2.18 bits per heavy atom. The maximum absolute atomic E-state index is 13.1. The molecule has 5 heterocycles. The number of hydrogen-bond donors (Lipinski definition) is 1. The van der Waals surface area contributed by atoms with E-state index in [1.54, 1.807) is 34.5 Å². The Labute approximate surface area is 200 Å². The Hall–Kier alpha value is -3.87. The highest BCUT2D eigenvalue weighted by Gasteiger charge is 2.29. The predicted molar refractivity (Wildman–Crippen MR) is 127 cm³/mol. The lowest BCUT2D eigenvalue weighted by Gasteiger charge is -2.35. The highest BCUT2D eigenvalue weighted by Crippen LogP contribution is 2.22. The van der Waals surface area contributed by atoms with Crippen molar-refractivity contribution in [1.82, 2.24) is 34.3 Å². The number of pyridine rings is 1. The maximum atomic E-state index is 13.1. The molecule has 2 fully saturated rings. The molecule has 34 heavy (non-hydrogen) atoms. The molecule has 3 aromatic rings. The van der Waals surface area contributed by atoms with Gasteiger partial charge in [0.25, 0.3) is 5.91 Å². The van der Waals surface area contributed by atoms with Crippen LogP contribution >= 0.6 is 11.5 Å². The molecule has 0 bridgehead atoms. The summed E-state index contributed by atoms with van der Waals surface area (Å²) in [5, 5.41) is 7.22. The average molecular weight is 481 g/mol. The number of hydrogen-bond acceptors (Lipinski definition) is 10. The Kier molecular flexibility index (Phi) is 6.42. The van der Waals surface area contributed by atoms with Gasteiger partial charge in [-0.3, -0.25) is 10.1 Å². The number of piperazine rings is 2. The number of carbonyl (C=O) groups is 2. The summed E-state index contributed by atoms with van der Waals surface area (Å²) in [7, 11) is 0. The van der Waals surface area contributed by atoms with Gasteiger partial charge in [0.2, 0.25) is 5.95 Å². The molecule has 12 nitrogen and oxygen atoms in total. The minimum atomic E-state index is -0.258. The monoisotopic (exact) mass is 480 g/mol. The highest BCUT2D eigenvalue weighted by atomic mass is 32.1. The molecule has 13 heteroatoms. The summed E-state index contributed by atoms with van der Waals surface area (Å²) < 4.78 is 3.91. The summed E-state index contributed by atoms with van der Waals surface area (Å²) in [5.41, 5.74) is 0.176. The highest BCUT2D eigenvalue weighted by molar-refractivity contribution is 7.10. The smallest absolute Gasteiger partial charge is 0.322 e. The molecule has 5 rings (SSSR count). The minimum absolute atomic E-state index is 0.176. The van der Waals surface area contributed by atoms with Crippen molar-refractivity contribution in [3.8, 4) is 0 Å². The lowest BCUT2D eigenvalue weighted by molar-refractivity contribution is 0.0741. The van der Waals surface area contributed by atoms with Gasteiger partial charge in [0, 0.05) is 82.5 Å². The fourth-order valence-corrected chi connectivity index (χ4v) is 4.53. The standard InChI is InChI=1S/C21H24N10O2S/c32-19(29-10-12-30(13-11-29)20-23-6-3-7-24-20)17-18(34-27-26-17)25-21(33)31-14-8-28(9-15-31)16-4-1-2-5-22-16/h1-7H,8-15H2,(H,25,33). The van der Waals surface area contributed by atoms with E-state index >= 15 is 0 Å². The first-order valence-electron chi connectivity index (χ1n) is 11.0. The van der Waals surface area contributed by atoms with Gasteiger partial charge in [0.05, 0.1) is 0 Å². The molecule has 0 aliphatic carbocycles. The zero-order chi connectivity index (χ0) is 23.3. The molecule has 1 N–H and O–H groups in total. The van der Waals surface area contributed by atoms with Gasteiger partial charge in [0.15, 0.2) is 10.7 Å². The molecule has 3 amide bonds. The van der Waals surface area contributed by atoms with Gasteiger partial charge in [-0.15, -0.1) is 5.10 Å². The number of carbonyl (C=O) groups excluding carboxylic acids is 2. The van der Waals surface area contributed by atoms with Crippen LogP contribution in [0.5, 0.6) is 0 Å². The molecule has 2 aliphatic rings. The Morgan fingerprint density at radius 1 is 0.794 bits per heavy atom. The summed E-state index contributed by atoms with van der Waals surface area (Å²) in [6.07, 6.45) is 5.17. The van der Waals surface area contributed by atoms with Gasteiger partial charge in [0.1, 0.15) is 5.82 Å². The van der Waals surface area contributed by atoms with E-state index in [1.807, 2.05) is 23.1 Å². The first-order valence-corrected chi connectivity index (χ1v) is 11.8. The van der Waals surface area contributed by atoms with Crippen molar-refractivity contribution in [1.29, 1.82) is 0 Å². The van der Waals surface area contributed by atoms with E-state index in [0.717, 1.165) is 17.4 Å². The zero-order valence-corrected chi connectivity index (χ0v) is 19.3. The molecule has 2 aliphatic heterocycles. The minimum Gasteiger partial charge on any atom is -0.353 e. The number of anilines is 3. The molecule has 2 saturated heterocycles. The van der Waals surface area contributed by atoms with Gasteiger partial charge in [-0.25, -0.2) is 19.7 Å². The van der Waals surface area contributed by atoms with Crippen molar-refractivity contribution >= 4 is 40.2 Å². The summed E-state index contributed by atoms with van der Waals surface area (Å²) in [4.78, 5) is 46.5. The van der Waals surface area contributed by atoms with Crippen LogP contribution < -0.4 is 15.1 Å². The predicted octanol–water partition coefficient (Wildman–Crippen LogP) is 1.04. The lowest BCUT2D eigenvalue weighted by Crippen LogP contribution is -2.50. The van der Waals surface area contributed by atoms with Gasteiger partial charge >= 0.3 is 6.03 Å². The third kappa shape index (κ3) is 4.73. The second kappa shape index (κ2) is 9.95. The van der Waals surface area contributed by atoms with Crippen LogP contribution in [0.3, 0.4) is 0 Å². The van der Waals surface area contributed by atoms with Crippen LogP contribution in [0.4, 0.5) is 21.6 Å². The Bertz CT molecular complexity index is 1110. The van der Waals surface area contributed by atoms with Crippen molar-refractivity contribution in [2.75, 3.05) is 67.5 Å². The number of rotatable bonds is 4. The van der Waals surface area contributed by atoms with Crippen molar-refractivity contribution < 1.29 is 9.59 Å². The fraction of sp³-hybridized carbons (Fsp3) is 0.381. The summed E-state index contributed by atoms with van der Waals surface area (Å²) >= 11 is 1.01. The quantitative estimate of drug-likeness (QED) is 0.583. The van der Waals surface area contributed by atoms with Crippen LogP contribution in [0, 0.1) is 0 Å². The third-order valence-corrected chi connectivity index (χ3v) is 6.49. The van der Waals surface area contributed by atoms with Gasteiger partial charge in [-0.1, -0.05) is 10.6 Å². The molecule has 0 aromatic carbocycles. The van der Waals surface area contributed by atoms with Crippen LogP contribution in [0.1, 0.15) is 10.5 Å². The maximum Gasteiger partial charge on any atom is 0.322 e. The second-order valence-corrected chi connectivity index (χ2v) is 8.63. The molecular weight excluding hydrogens is 456 g/mol. The van der Waals surface area contributed by atoms with E-state index in [0.29, 0.717) is 63.3 Å². The van der Waals surface area contributed by atoms with E-state index < -0.39 is 0 Å². The Morgan fingerprint density at radius 2 is 1.47 bits per heavy atom. The van der Waals surface area contributed by atoms with Crippen LogP contribution in [0.25, 0.3) is 0 Å². The number of aromatic nitrogens is 5. The van der Waals surface area contributed by atoms with Gasteiger partial charge in [-0.2, -0.15) is 0 Å². The zero-order valence-electron chi connectivity index (χ0n) is 18.4. The van der Waals surface area contributed by atoms with Crippen molar-refractivity contribution in [3.63, 3.8) is 0 Å². The van der Waals surface area contributed by atoms with Crippen LogP contribution in [0.15, 0.2) is 42.9 Å². The number of nitrogens with one attached hydrogen (secondary N) is 1. The van der Waals surface area contributed by atoms with E-state index in [1.165, 1.54) is 0 Å². The largest absolute Gasteiger partial charge is 0.353 e. The summed E-state index contributed by atoms with van der Waals surface area (Å²) in [5.74, 6) is 1.32. The third-order valence-electron chi connectivity index (χ3n) is 5.85. The van der Waals surface area contributed by atoms with Crippen molar-refractivity contribution in [3.05, 3.63) is 48.5 Å². The number of nitrogens with zero attached hydrogens (tertiary/aromatic N) is 9. The average Bonchev–Trinajstić information content (AvgIpc) is 3.37. The van der Waals surface area contributed by atoms with Crippen molar-refractivity contribution in [2.45, 2.75) is 0 Å². The van der Waals surface area contributed by atoms with Crippen molar-refractivity contribution in [2.24, 2.45) is 0 Å². The van der Waals surface area contributed by atoms with Gasteiger partial charge < -0.3 is 19.6 Å². The fourth-order valence-electron chi connectivity index (χ4n) is 3.98. The van der Waals surface area contributed by atoms with E-state index in [2.05, 4.69) is 34.8 Å². The van der Waals surface area contributed by atoms with E-state index in [4.69, 9.17) is 0 Å². The first-order chi connectivity index (χ1) is 16.7. The van der Waals surface area contributed by atoms with E-state index in [9.17, 15) is 9.59 Å². The number of urea groups is 1. The molecule has 0 saturated carbocycles. The van der Waals surface area contributed by atoms with Crippen LogP contribution in [0.2, 0.25) is 0 Å². The SMILES string of the molecule is O=C(Nc1snnc1C(=O)N1CCN(c2ncccn2)CC1)N1CCN(c2ccccn2)CC1. The first kappa shape index (κ1) is 21.9. The normalized spacial score (nSPS) is 16.5. The molecule has 3 aromatic heterocycles. The van der Waals surface area contributed by atoms with Crippen LogP contribution in [-0.4, -0.2) is 98.6 Å². The Balaban J connectivity index is 1.15. The van der Waals surface area contributed by atoms with Crippen LogP contribution in [-0.2, 0) is 0 Å². The summed E-state index contributed by atoms with van der Waals surface area (Å²) in [6, 6.07) is 7.31. The van der Waals surface area contributed by atoms with E-state index in [-0.39, 0.29) is 17.6 Å².